The monoisotopic (exact) mass is 351 g/mol. The summed E-state index contributed by atoms with van der Waals surface area (Å²) in [7, 11) is 1.50. The number of methoxy groups -OCH3 is 1. The van der Waals surface area contributed by atoms with Gasteiger partial charge in [0.15, 0.2) is 0 Å². The first kappa shape index (κ1) is 15.8. The summed E-state index contributed by atoms with van der Waals surface area (Å²) in [6, 6.07) is 12.6. The van der Waals surface area contributed by atoms with Gasteiger partial charge in [0.25, 0.3) is 0 Å². The molecular formula is C19H13NO6. The fourth-order valence-electron chi connectivity index (χ4n) is 2.62. The minimum Gasteiger partial charge on any atom is -0.495 e. The van der Waals surface area contributed by atoms with Gasteiger partial charge in [-0.2, -0.15) is 0 Å². The van der Waals surface area contributed by atoms with E-state index in [1.165, 1.54) is 31.4 Å². The van der Waals surface area contributed by atoms with Gasteiger partial charge >= 0.3 is 11.3 Å². The van der Waals surface area contributed by atoms with Crippen molar-refractivity contribution in [1.82, 2.24) is 0 Å². The average molecular weight is 351 g/mol. The lowest BCUT2D eigenvalue weighted by molar-refractivity contribution is 0.416. The summed E-state index contributed by atoms with van der Waals surface area (Å²) in [6.45, 7) is 0. The van der Waals surface area contributed by atoms with Gasteiger partial charge in [-0.3, -0.25) is 0 Å². The molecule has 0 fully saturated rings. The summed E-state index contributed by atoms with van der Waals surface area (Å²) in [6.07, 6.45) is 0. The molecule has 0 amide bonds. The van der Waals surface area contributed by atoms with E-state index in [4.69, 9.17) is 24.0 Å². The van der Waals surface area contributed by atoms with Crippen molar-refractivity contribution in [3.63, 3.8) is 0 Å². The lowest BCUT2D eigenvalue weighted by Gasteiger charge is -2.08. The topological polar surface area (TPSA) is 105 Å². The second kappa shape index (κ2) is 5.96. The van der Waals surface area contributed by atoms with E-state index in [0.29, 0.717) is 33.7 Å². The molecule has 7 heteroatoms. The highest BCUT2D eigenvalue weighted by molar-refractivity contribution is 5.84. The van der Waals surface area contributed by atoms with E-state index in [1.807, 2.05) is 0 Å². The van der Waals surface area contributed by atoms with Crippen molar-refractivity contribution in [3.8, 4) is 17.2 Å². The SMILES string of the molecule is COc1cc2cc(Oc3ccc4ccc(=O)oc4c3)c(=O)oc2cc1N. The van der Waals surface area contributed by atoms with Gasteiger partial charge in [0.2, 0.25) is 5.75 Å². The van der Waals surface area contributed by atoms with Crippen LogP contribution in [0, 0.1) is 0 Å². The first-order valence-electron chi connectivity index (χ1n) is 7.66. The van der Waals surface area contributed by atoms with Crippen LogP contribution in [-0.2, 0) is 0 Å². The maximum absolute atomic E-state index is 12.2. The average Bonchev–Trinajstić information content (AvgIpc) is 2.62. The summed E-state index contributed by atoms with van der Waals surface area (Å²) in [5, 5.41) is 1.33. The standard InChI is InChI=1S/C19H13NO6/c1-23-16-6-11-7-17(19(22)26-15(11)9-13(16)20)24-12-4-2-10-3-5-18(21)25-14(10)8-12/h2-9H,20H2,1H3. The summed E-state index contributed by atoms with van der Waals surface area (Å²) in [4.78, 5) is 23.5. The smallest absolute Gasteiger partial charge is 0.379 e. The van der Waals surface area contributed by atoms with Crippen molar-refractivity contribution in [2.75, 3.05) is 12.8 Å². The normalized spacial score (nSPS) is 11.0. The molecule has 0 atom stereocenters. The number of benzene rings is 2. The molecule has 0 aliphatic heterocycles. The third-order valence-corrected chi connectivity index (χ3v) is 3.87. The first-order chi connectivity index (χ1) is 12.5. The zero-order valence-corrected chi connectivity index (χ0v) is 13.6. The molecule has 130 valence electrons. The van der Waals surface area contributed by atoms with Gasteiger partial charge in [-0.15, -0.1) is 0 Å². The zero-order chi connectivity index (χ0) is 18.3. The maximum atomic E-state index is 12.2. The molecule has 4 aromatic rings. The molecule has 2 heterocycles. The number of ether oxygens (including phenoxy) is 2. The van der Waals surface area contributed by atoms with Crippen LogP contribution < -0.4 is 26.5 Å². The van der Waals surface area contributed by atoms with Crippen molar-refractivity contribution < 1.29 is 18.3 Å². The Hall–Kier alpha value is -3.74. The van der Waals surface area contributed by atoms with Gasteiger partial charge in [-0.1, -0.05) is 0 Å². The fraction of sp³-hybridized carbons (Fsp3) is 0.0526. The van der Waals surface area contributed by atoms with E-state index in [1.54, 1.807) is 24.3 Å². The Kier molecular flexibility index (Phi) is 3.62. The van der Waals surface area contributed by atoms with Crippen LogP contribution in [0.4, 0.5) is 5.69 Å². The van der Waals surface area contributed by atoms with Crippen LogP contribution >= 0.6 is 0 Å². The predicted octanol–water partition coefficient (Wildman–Crippen LogP) is 3.28. The van der Waals surface area contributed by atoms with E-state index in [9.17, 15) is 9.59 Å². The van der Waals surface area contributed by atoms with Gasteiger partial charge in [-0.05, 0) is 30.3 Å². The van der Waals surface area contributed by atoms with E-state index >= 15 is 0 Å². The van der Waals surface area contributed by atoms with Gasteiger partial charge < -0.3 is 24.0 Å². The molecule has 2 aromatic carbocycles. The highest BCUT2D eigenvalue weighted by Gasteiger charge is 2.11. The van der Waals surface area contributed by atoms with Crippen molar-refractivity contribution in [1.29, 1.82) is 0 Å². The third-order valence-electron chi connectivity index (χ3n) is 3.87. The van der Waals surface area contributed by atoms with E-state index in [0.717, 1.165) is 5.39 Å². The Morgan fingerprint density at radius 2 is 1.58 bits per heavy atom. The molecule has 0 aliphatic carbocycles. The summed E-state index contributed by atoms with van der Waals surface area (Å²) in [5.41, 5.74) is 5.74. The number of nitrogen functional groups attached to an aromatic ring is 1. The van der Waals surface area contributed by atoms with Crippen molar-refractivity contribution in [2.24, 2.45) is 0 Å². The summed E-state index contributed by atoms with van der Waals surface area (Å²) in [5.74, 6) is 0.785. The third kappa shape index (κ3) is 2.75. The van der Waals surface area contributed by atoms with Crippen LogP contribution in [0.3, 0.4) is 0 Å². The Morgan fingerprint density at radius 3 is 2.38 bits per heavy atom. The molecule has 2 aromatic heterocycles. The van der Waals surface area contributed by atoms with Gasteiger partial charge in [-0.25, -0.2) is 9.59 Å². The molecule has 2 N–H and O–H groups in total. The Morgan fingerprint density at radius 1 is 0.846 bits per heavy atom. The largest absolute Gasteiger partial charge is 0.495 e. The quantitative estimate of drug-likeness (QED) is 0.446. The second-order valence-corrected chi connectivity index (χ2v) is 5.59. The van der Waals surface area contributed by atoms with Crippen LogP contribution in [0.5, 0.6) is 17.2 Å². The van der Waals surface area contributed by atoms with Crippen molar-refractivity contribution >= 4 is 27.6 Å². The molecule has 0 spiro atoms. The lowest BCUT2D eigenvalue weighted by atomic mass is 10.2. The Bertz CT molecular complexity index is 1250. The molecule has 0 bridgehead atoms. The van der Waals surface area contributed by atoms with Gasteiger partial charge in [0.05, 0.1) is 12.8 Å². The number of hydrogen-bond acceptors (Lipinski definition) is 7. The highest BCUT2D eigenvalue weighted by Crippen LogP contribution is 2.30. The molecule has 0 saturated heterocycles. The van der Waals surface area contributed by atoms with E-state index < -0.39 is 11.3 Å². The number of fused-ring (bicyclic) bond motifs is 2. The molecule has 0 aliphatic rings. The number of rotatable bonds is 3. The van der Waals surface area contributed by atoms with Gasteiger partial charge in [0, 0.05) is 29.0 Å². The minimum absolute atomic E-state index is 0.0121. The molecular weight excluding hydrogens is 338 g/mol. The van der Waals surface area contributed by atoms with Crippen LogP contribution in [0.15, 0.2) is 67.0 Å². The van der Waals surface area contributed by atoms with Crippen molar-refractivity contribution in [3.05, 3.63) is 69.4 Å². The minimum atomic E-state index is -0.656. The predicted molar refractivity (Wildman–Crippen MR) is 96.0 cm³/mol. The Balaban J connectivity index is 1.79. The van der Waals surface area contributed by atoms with Crippen LogP contribution in [0.25, 0.3) is 21.9 Å². The zero-order valence-electron chi connectivity index (χ0n) is 13.6. The lowest BCUT2D eigenvalue weighted by Crippen LogP contribution is -2.04. The van der Waals surface area contributed by atoms with Crippen molar-refractivity contribution in [2.45, 2.75) is 0 Å². The molecule has 0 unspecified atom stereocenters. The number of hydrogen-bond donors (Lipinski definition) is 1. The van der Waals surface area contributed by atoms with Crippen LogP contribution in [0.1, 0.15) is 0 Å². The van der Waals surface area contributed by atoms with Crippen LogP contribution in [-0.4, -0.2) is 7.11 Å². The second-order valence-electron chi connectivity index (χ2n) is 5.59. The Labute approximate surface area is 146 Å². The molecule has 0 saturated carbocycles. The van der Waals surface area contributed by atoms with E-state index in [-0.39, 0.29) is 5.75 Å². The molecule has 26 heavy (non-hydrogen) atoms. The van der Waals surface area contributed by atoms with E-state index in [2.05, 4.69) is 0 Å². The number of anilines is 1. The fourth-order valence-corrected chi connectivity index (χ4v) is 2.62. The summed E-state index contributed by atoms with van der Waals surface area (Å²) < 4.78 is 21.2. The highest BCUT2D eigenvalue weighted by atomic mass is 16.5. The molecule has 4 rings (SSSR count). The molecule has 7 nitrogen and oxygen atoms in total. The summed E-state index contributed by atoms with van der Waals surface area (Å²) >= 11 is 0. The molecule has 0 radical (unpaired) electrons. The first-order valence-corrected chi connectivity index (χ1v) is 7.66. The van der Waals surface area contributed by atoms with Gasteiger partial charge in [0.1, 0.15) is 22.7 Å². The maximum Gasteiger partial charge on any atom is 0.379 e. The van der Waals surface area contributed by atoms with Crippen LogP contribution in [0.2, 0.25) is 0 Å². The number of nitrogens with two attached hydrogens (primary N) is 1.